The molecular weight excluding hydrogens is 455 g/mol. The molecule has 168 valence electrons. The molecule has 2 aliphatic heterocycles. The Morgan fingerprint density at radius 1 is 1.18 bits per heavy atom. The first-order valence-corrected chi connectivity index (χ1v) is 10.1. The van der Waals surface area contributed by atoms with Gasteiger partial charge in [0.05, 0.1) is 11.3 Å². The summed E-state index contributed by atoms with van der Waals surface area (Å²) in [5, 5.41) is 11.9. The number of hydrogen-bond donors (Lipinski definition) is 2. The molecule has 0 saturated carbocycles. The first-order chi connectivity index (χ1) is 15.6. The molecule has 4 rings (SSSR count). The minimum absolute atomic E-state index is 0.0458. The molecule has 0 radical (unpaired) electrons. The Kier molecular flexibility index (Phi) is 5.86. The van der Waals surface area contributed by atoms with Crippen LogP contribution in [0.2, 0.25) is 5.02 Å². The molecule has 0 amide bonds. The van der Waals surface area contributed by atoms with Gasteiger partial charge in [-0.3, -0.25) is 0 Å². The SMILES string of the molecule is C=C1C=C(c2ccccc2)N=C2C([C@H](Nc3ccc(Cl)cc3C(=O)O)C(F)(F)F)=CC=CN12. The molecular formula is C24H17ClF3N3O2. The summed E-state index contributed by atoms with van der Waals surface area (Å²) >= 11 is 5.84. The normalized spacial score (nSPS) is 16.4. The topological polar surface area (TPSA) is 64.9 Å². The van der Waals surface area contributed by atoms with Gasteiger partial charge >= 0.3 is 12.1 Å². The maximum Gasteiger partial charge on any atom is 0.412 e. The van der Waals surface area contributed by atoms with E-state index in [1.807, 2.05) is 6.07 Å². The minimum atomic E-state index is -4.77. The van der Waals surface area contributed by atoms with Gasteiger partial charge < -0.3 is 15.3 Å². The molecule has 2 N–H and O–H groups in total. The zero-order chi connectivity index (χ0) is 23.8. The Bertz CT molecular complexity index is 1250. The van der Waals surface area contributed by atoms with Crippen LogP contribution in [0.5, 0.6) is 0 Å². The van der Waals surface area contributed by atoms with Crippen LogP contribution < -0.4 is 5.32 Å². The lowest BCUT2D eigenvalue weighted by molar-refractivity contribution is -0.133. The number of fused-ring (bicyclic) bond motifs is 1. The summed E-state index contributed by atoms with van der Waals surface area (Å²) in [4.78, 5) is 17.6. The molecule has 0 aromatic heterocycles. The third-order valence-corrected chi connectivity index (χ3v) is 5.29. The number of carboxylic acids is 1. The van der Waals surface area contributed by atoms with Crippen LogP contribution in [0.3, 0.4) is 0 Å². The van der Waals surface area contributed by atoms with Gasteiger partial charge in [-0.2, -0.15) is 13.2 Å². The van der Waals surface area contributed by atoms with Gasteiger partial charge in [-0.25, -0.2) is 9.79 Å². The first-order valence-electron chi connectivity index (χ1n) is 9.74. The molecule has 33 heavy (non-hydrogen) atoms. The van der Waals surface area contributed by atoms with Crippen LogP contribution in [0.4, 0.5) is 18.9 Å². The van der Waals surface area contributed by atoms with Crippen LogP contribution in [0.25, 0.3) is 5.70 Å². The van der Waals surface area contributed by atoms with Crippen molar-refractivity contribution in [2.24, 2.45) is 4.99 Å². The smallest absolute Gasteiger partial charge is 0.412 e. The van der Waals surface area contributed by atoms with Crippen molar-refractivity contribution in [3.05, 3.63) is 107 Å². The molecule has 9 heteroatoms. The summed E-state index contributed by atoms with van der Waals surface area (Å²) in [5.41, 5.74) is 0.859. The van der Waals surface area contributed by atoms with E-state index in [2.05, 4.69) is 16.9 Å². The standard InChI is InChI=1S/C24H17ClF3N3O2/c1-14-12-20(15-6-3-2-4-7-15)30-22-17(8-5-11-31(14)22)21(24(26,27)28)29-19-10-9-16(25)13-18(19)23(32)33/h2-13,21,29H,1H2,(H,32,33)/t21-/m0/s1. The van der Waals surface area contributed by atoms with Crippen molar-refractivity contribution in [2.45, 2.75) is 12.2 Å². The first kappa shape index (κ1) is 22.4. The van der Waals surface area contributed by atoms with E-state index in [1.165, 1.54) is 29.2 Å². The van der Waals surface area contributed by atoms with Crippen molar-refractivity contribution in [3.63, 3.8) is 0 Å². The molecule has 1 atom stereocenters. The number of allylic oxidation sites excluding steroid dienone is 3. The number of benzene rings is 2. The summed E-state index contributed by atoms with van der Waals surface area (Å²) in [5.74, 6) is -1.36. The average Bonchev–Trinajstić information content (AvgIpc) is 2.77. The second-order valence-corrected chi connectivity index (χ2v) is 7.71. The number of anilines is 1. The van der Waals surface area contributed by atoms with Gasteiger partial charge in [-0.15, -0.1) is 0 Å². The Morgan fingerprint density at radius 3 is 2.58 bits per heavy atom. The largest absolute Gasteiger partial charge is 0.478 e. The van der Waals surface area contributed by atoms with Crippen molar-refractivity contribution < 1.29 is 23.1 Å². The maximum absolute atomic E-state index is 14.3. The Labute approximate surface area is 192 Å². The van der Waals surface area contributed by atoms with Crippen LogP contribution in [0.1, 0.15) is 15.9 Å². The lowest BCUT2D eigenvalue weighted by atomic mass is 9.98. The number of hydrogen-bond acceptors (Lipinski definition) is 4. The van der Waals surface area contributed by atoms with Gasteiger partial charge in [0, 0.05) is 33.7 Å². The number of halogens is 4. The van der Waals surface area contributed by atoms with E-state index in [0.29, 0.717) is 11.4 Å². The predicted octanol–water partition coefficient (Wildman–Crippen LogP) is 6.10. The molecule has 2 aromatic carbocycles. The zero-order valence-electron chi connectivity index (χ0n) is 17.0. The third kappa shape index (κ3) is 4.56. The second-order valence-electron chi connectivity index (χ2n) is 7.27. The third-order valence-electron chi connectivity index (χ3n) is 5.06. The molecule has 0 aliphatic carbocycles. The number of nitrogens with one attached hydrogen (secondary N) is 1. The van der Waals surface area contributed by atoms with Gasteiger partial charge in [0.15, 0.2) is 6.04 Å². The van der Waals surface area contributed by atoms with Crippen molar-refractivity contribution in [3.8, 4) is 0 Å². The van der Waals surface area contributed by atoms with E-state index in [1.54, 1.807) is 36.5 Å². The van der Waals surface area contributed by atoms with Crippen molar-refractivity contribution >= 4 is 34.8 Å². The number of carbonyl (C=O) groups is 1. The molecule has 0 fully saturated rings. The Hall–Kier alpha value is -3.78. The van der Waals surface area contributed by atoms with Crippen LogP contribution in [0, 0.1) is 0 Å². The number of rotatable bonds is 5. The van der Waals surface area contributed by atoms with E-state index < -0.39 is 18.2 Å². The van der Waals surface area contributed by atoms with E-state index in [4.69, 9.17) is 11.6 Å². The molecule has 0 spiro atoms. The molecule has 0 saturated heterocycles. The Morgan fingerprint density at radius 2 is 1.91 bits per heavy atom. The number of aromatic carboxylic acids is 1. The predicted molar refractivity (Wildman–Crippen MR) is 122 cm³/mol. The summed E-state index contributed by atoms with van der Waals surface area (Å²) in [6, 6.07) is 10.4. The molecule has 0 unspecified atom stereocenters. The lowest BCUT2D eigenvalue weighted by Gasteiger charge is -2.35. The quantitative estimate of drug-likeness (QED) is 0.552. The minimum Gasteiger partial charge on any atom is -0.478 e. The van der Waals surface area contributed by atoms with Crippen LogP contribution in [-0.4, -0.2) is 34.0 Å². The number of alkyl halides is 3. The van der Waals surface area contributed by atoms with Gasteiger partial charge in [-0.05, 0) is 30.4 Å². The van der Waals surface area contributed by atoms with Gasteiger partial charge in [-0.1, -0.05) is 54.6 Å². The van der Waals surface area contributed by atoms with Crippen molar-refractivity contribution in [1.29, 1.82) is 0 Å². The summed E-state index contributed by atoms with van der Waals surface area (Å²) in [6.07, 6.45) is 1.25. The van der Waals surface area contributed by atoms with E-state index in [0.717, 1.165) is 11.6 Å². The highest BCUT2D eigenvalue weighted by atomic mass is 35.5. The zero-order valence-corrected chi connectivity index (χ0v) is 17.7. The van der Waals surface area contributed by atoms with Gasteiger partial charge in [0.1, 0.15) is 5.84 Å². The van der Waals surface area contributed by atoms with Gasteiger partial charge in [0.25, 0.3) is 0 Å². The van der Waals surface area contributed by atoms with Crippen LogP contribution in [-0.2, 0) is 0 Å². The van der Waals surface area contributed by atoms with E-state index in [9.17, 15) is 23.1 Å². The van der Waals surface area contributed by atoms with Crippen LogP contribution in [0.15, 0.2) is 95.8 Å². The van der Waals surface area contributed by atoms with Crippen LogP contribution >= 0.6 is 11.6 Å². The number of nitrogens with zero attached hydrogens (tertiary/aromatic N) is 2. The molecule has 2 aromatic rings. The highest BCUT2D eigenvalue weighted by molar-refractivity contribution is 6.31. The van der Waals surface area contributed by atoms with Crippen molar-refractivity contribution in [1.82, 2.24) is 4.90 Å². The second kappa shape index (κ2) is 8.63. The lowest BCUT2D eigenvalue weighted by Crippen LogP contribution is -2.45. The van der Waals surface area contributed by atoms with E-state index in [-0.39, 0.29) is 27.7 Å². The molecule has 2 aliphatic rings. The number of aliphatic imine (C=N–C) groups is 1. The number of carboxylic acid groups (broad SMARTS) is 1. The summed E-state index contributed by atoms with van der Waals surface area (Å²) in [7, 11) is 0. The fraction of sp³-hybridized carbons (Fsp3) is 0.0833. The van der Waals surface area contributed by atoms with Crippen molar-refractivity contribution in [2.75, 3.05) is 5.32 Å². The molecule has 2 heterocycles. The summed E-state index contributed by atoms with van der Waals surface area (Å²) in [6.45, 7) is 3.96. The summed E-state index contributed by atoms with van der Waals surface area (Å²) < 4.78 is 42.8. The fourth-order valence-electron chi connectivity index (χ4n) is 3.53. The highest BCUT2D eigenvalue weighted by Gasteiger charge is 2.45. The average molecular weight is 472 g/mol. The van der Waals surface area contributed by atoms with E-state index >= 15 is 0 Å². The number of amidine groups is 1. The highest BCUT2D eigenvalue weighted by Crippen LogP contribution is 2.36. The maximum atomic E-state index is 14.3. The Balaban J connectivity index is 1.79. The fourth-order valence-corrected chi connectivity index (χ4v) is 3.71. The molecule has 0 bridgehead atoms. The monoisotopic (exact) mass is 471 g/mol. The molecule has 5 nitrogen and oxygen atoms in total. The van der Waals surface area contributed by atoms with Gasteiger partial charge in [0.2, 0.25) is 0 Å².